The fourth-order valence-corrected chi connectivity index (χ4v) is 2.12. The first-order valence-corrected chi connectivity index (χ1v) is 6.81. The van der Waals surface area contributed by atoms with Crippen molar-refractivity contribution in [1.29, 1.82) is 0 Å². The molecule has 1 amide bonds. The monoisotopic (exact) mass is 285 g/mol. The Hall–Kier alpha value is -2.49. The summed E-state index contributed by atoms with van der Waals surface area (Å²) in [6.45, 7) is 2.59. The number of aromatic hydroxyl groups is 1. The number of rotatable bonds is 5. The Bertz CT molecular complexity index is 638. The average Bonchev–Trinajstić information content (AvgIpc) is 2.47. The van der Waals surface area contributed by atoms with Gasteiger partial charge in [0.25, 0.3) is 5.91 Å². The van der Waals surface area contributed by atoms with Gasteiger partial charge in [0.05, 0.1) is 7.11 Å². The van der Waals surface area contributed by atoms with Gasteiger partial charge in [0, 0.05) is 12.1 Å². The summed E-state index contributed by atoms with van der Waals surface area (Å²) in [6.07, 6.45) is 0.773. The van der Waals surface area contributed by atoms with Gasteiger partial charge in [-0.15, -0.1) is 0 Å². The number of hydrogen-bond acceptors (Lipinski definition) is 3. The molecule has 2 aromatic carbocycles. The fraction of sp³-hybridized carbons (Fsp3) is 0.235. The van der Waals surface area contributed by atoms with Crippen LogP contribution in [0, 0.1) is 6.92 Å². The standard InChI is InChI=1S/C17H19NO3/c1-12-4-3-5-13(10-12)8-9-18-17(20)14-6-7-16(21-2)15(19)11-14/h3-7,10-11,19H,8-9H2,1-2H3,(H,18,20). The van der Waals surface area contributed by atoms with E-state index in [0.717, 1.165) is 6.42 Å². The van der Waals surface area contributed by atoms with E-state index in [1.165, 1.54) is 24.3 Å². The molecule has 0 aliphatic heterocycles. The molecule has 4 nitrogen and oxygen atoms in total. The van der Waals surface area contributed by atoms with Crippen molar-refractivity contribution in [3.8, 4) is 11.5 Å². The van der Waals surface area contributed by atoms with E-state index in [1.807, 2.05) is 25.1 Å². The van der Waals surface area contributed by atoms with Crippen LogP contribution in [0.15, 0.2) is 42.5 Å². The number of carbonyl (C=O) groups excluding carboxylic acids is 1. The zero-order valence-electron chi connectivity index (χ0n) is 12.2. The largest absolute Gasteiger partial charge is 0.504 e. The van der Waals surface area contributed by atoms with Crippen molar-refractivity contribution in [2.45, 2.75) is 13.3 Å². The highest BCUT2D eigenvalue weighted by molar-refractivity contribution is 5.94. The minimum atomic E-state index is -0.208. The number of methoxy groups -OCH3 is 1. The molecule has 0 fully saturated rings. The summed E-state index contributed by atoms with van der Waals surface area (Å²) in [4.78, 5) is 12.0. The second-order valence-electron chi connectivity index (χ2n) is 4.88. The van der Waals surface area contributed by atoms with Crippen LogP contribution < -0.4 is 10.1 Å². The third-order valence-corrected chi connectivity index (χ3v) is 3.22. The van der Waals surface area contributed by atoms with Crippen LogP contribution in [0.25, 0.3) is 0 Å². The normalized spacial score (nSPS) is 10.2. The van der Waals surface area contributed by atoms with Crippen LogP contribution in [-0.2, 0) is 6.42 Å². The molecule has 21 heavy (non-hydrogen) atoms. The molecule has 0 aliphatic rings. The van der Waals surface area contributed by atoms with Gasteiger partial charge in [0.15, 0.2) is 11.5 Å². The lowest BCUT2D eigenvalue weighted by Gasteiger charge is -2.08. The van der Waals surface area contributed by atoms with Crippen LogP contribution in [0.4, 0.5) is 0 Å². The molecule has 0 unspecified atom stereocenters. The molecule has 2 rings (SSSR count). The molecule has 0 radical (unpaired) electrons. The van der Waals surface area contributed by atoms with E-state index in [2.05, 4.69) is 11.4 Å². The molecular weight excluding hydrogens is 266 g/mol. The second kappa shape index (κ2) is 6.79. The van der Waals surface area contributed by atoms with E-state index >= 15 is 0 Å². The van der Waals surface area contributed by atoms with Crippen LogP contribution in [-0.4, -0.2) is 24.7 Å². The summed E-state index contributed by atoms with van der Waals surface area (Å²) in [6, 6.07) is 12.8. The quantitative estimate of drug-likeness (QED) is 0.888. The molecule has 4 heteroatoms. The molecule has 2 N–H and O–H groups in total. The number of amides is 1. The predicted octanol–water partition coefficient (Wildman–Crippen LogP) is 2.68. The minimum Gasteiger partial charge on any atom is -0.504 e. The SMILES string of the molecule is COc1ccc(C(=O)NCCc2cccc(C)c2)cc1O. The summed E-state index contributed by atoms with van der Waals surface area (Å²) in [7, 11) is 1.47. The van der Waals surface area contributed by atoms with Gasteiger partial charge in [0.2, 0.25) is 0 Å². The number of carbonyl (C=O) groups is 1. The molecule has 0 spiro atoms. The van der Waals surface area contributed by atoms with Crippen LogP contribution in [0.5, 0.6) is 11.5 Å². The van der Waals surface area contributed by atoms with Gasteiger partial charge >= 0.3 is 0 Å². The highest BCUT2D eigenvalue weighted by Gasteiger charge is 2.09. The van der Waals surface area contributed by atoms with Crippen LogP contribution >= 0.6 is 0 Å². The average molecular weight is 285 g/mol. The zero-order valence-corrected chi connectivity index (χ0v) is 12.2. The van der Waals surface area contributed by atoms with Gasteiger partial charge in [-0.3, -0.25) is 4.79 Å². The van der Waals surface area contributed by atoms with Crippen molar-refractivity contribution in [3.05, 3.63) is 59.2 Å². The fourth-order valence-electron chi connectivity index (χ4n) is 2.12. The molecule has 0 saturated carbocycles. The Labute approximate surface area is 124 Å². The third kappa shape index (κ3) is 3.99. The maximum absolute atomic E-state index is 12.0. The van der Waals surface area contributed by atoms with Crippen molar-refractivity contribution >= 4 is 5.91 Å². The maximum atomic E-state index is 12.0. The lowest BCUT2D eigenvalue weighted by Crippen LogP contribution is -2.25. The molecule has 2 aromatic rings. The van der Waals surface area contributed by atoms with Gasteiger partial charge in [-0.1, -0.05) is 29.8 Å². The zero-order chi connectivity index (χ0) is 15.2. The van der Waals surface area contributed by atoms with E-state index in [-0.39, 0.29) is 11.7 Å². The molecule has 0 saturated heterocycles. The van der Waals surface area contributed by atoms with Gasteiger partial charge < -0.3 is 15.2 Å². The molecule has 0 aliphatic carbocycles. The Morgan fingerprint density at radius 2 is 2.05 bits per heavy atom. The molecule has 110 valence electrons. The van der Waals surface area contributed by atoms with Gasteiger partial charge in [-0.05, 0) is 37.1 Å². The summed E-state index contributed by atoms with van der Waals surface area (Å²) in [5.41, 5.74) is 2.81. The third-order valence-electron chi connectivity index (χ3n) is 3.22. The number of aryl methyl sites for hydroxylation is 1. The molecule has 0 aromatic heterocycles. The van der Waals surface area contributed by atoms with Crippen molar-refractivity contribution < 1.29 is 14.6 Å². The van der Waals surface area contributed by atoms with Gasteiger partial charge in [0.1, 0.15) is 0 Å². The van der Waals surface area contributed by atoms with Crippen molar-refractivity contribution in [2.24, 2.45) is 0 Å². The Balaban J connectivity index is 1.91. The first-order chi connectivity index (χ1) is 10.1. The van der Waals surface area contributed by atoms with E-state index in [4.69, 9.17) is 4.74 Å². The van der Waals surface area contributed by atoms with Gasteiger partial charge in [-0.2, -0.15) is 0 Å². The number of phenols is 1. The van der Waals surface area contributed by atoms with E-state index in [9.17, 15) is 9.90 Å². The molecule has 0 heterocycles. The molecule has 0 atom stereocenters. The smallest absolute Gasteiger partial charge is 0.251 e. The number of nitrogens with one attached hydrogen (secondary N) is 1. The maximum Gasteiger partial charge on any atom is 0.251 e. The van der Waals surface area contributed by atoms with Crippen LogP contribution in [0.3, 0.4) is 0 Å². The van der Waals surface area contributed by atoms with Gasteiger partial charge in [-0.25, -0.2) is 0 Å². The minimum absolute atomic E-state index is 0.0381. The first kappa shape index (κ1) is 14.9. The first-order valence-electron chi connectivity index (χ1n) is 6.81. The van der Waals surface area contributed by atoms with Crippen molar-refractivity contribution in [1.82, 2.24) is 5.32 Å². The van der Waals surface area contributed by atoms with Crippen molar-refractivity contribution in [2.75, 3.05) is 13.7 Å². The number of ether oxygens (including phenoxy) is 1. The molecular formula is C17H19NO3. The topological polar surface area (TPSA) is 58.6 Å². The lowest BCUT2D eigenvalue weighted by atomic mass is 10.1. The second-order valence-corrected chi connectivity index (χ2v) is 4.88. The van der Waals surface area contributed by atoms with Crippen LogP contribution in [0.1, 0.15) is 21.5 Å². The summed E-state index contributed by atoms with van der Waals surface area (Å²) < 4.78 is 4.95. The predicted molar refractivity (Wildman–Crippen MR) is 81.9 cm³/mol. The number of benzene rings is 2. The van der Waals surface area contributed by atoms with Crippen LogP contribution in [0.2, 0.25) is 0 Å². The Morgan fingerprint density at radius 3 is 2.71 bits per heavy atom. The Morgan fingerprint density at radius 1 is 1.24 bits per heavy atom. The van der Waals surface area contributed by atoms with Crippen molar-refractivity contribution in [3.63, 3.8) is 0 Å². The van der Waals surface area contributed by atoms with E-state index in [1.54, 1.807) is 12.1 Å². The Kier molecular flexibility index (Phi) is 4.82. The van der Waals surface area contributed by atoms with E-state index in [0.29, 0.717) is 17.9 Å². The number of hydrogen-bond donors (Lipinski definition) is 2. The number of phenolic OH excluding ortho intramolecular Hbond substituents is 1. The summed E-state index contributed by atoms with van der Waals surface area (Å²) >= 11 is 0. The summed E-state index contributed by atoms with van der Waals surface area (Å²) in [5.74, 6) is 0.107. The van der Waals surface area contributed by atoms with E-state index < -0.39 is 0 Å². The summed E-state index contributed by atoms with van der Waals surface area (Å²) in [5, 5.41) is 12.5. The highest BCUT2D eigenvalue weighted by Crippen LogP contribution is 2.26. The highest BCUT2D eigenvalue weighted by atomic mass is 16.5. The lowest BCUT2D eigenvalue weighted by molar-refractivity contribution is 0.0953. The molecule has 0 bridgehead atoms.